The van der Waals surface area contributed by atoms with E-state index in [1.807, 2.05) is 6.08 Å². The van der Waals surface area contributed by atoms with Crippen LogP contribution in [0.3, 0.4) is 0 Å². The molecule has 2 heterocycles. The lowest BCUT2D eigenvalue weighted by Gasteiger charge is -2.50. The van der Waals surface area contributed by atoms with E-state index in [9.17, 15) is 34.0 Å². The molecule has 4 aromatic rings. The normalized spacial score (nSPS) is 25.9. The fourth-order valence-electron chi connectivity index (χ4n) is 8.98. The topological polar surface area (TPSA) is 159 Å². The maximum Gasteiger partial charge on any atom is 0.269 e. The lowest BCUT2D eigenvalue weighted by atomic mass is 9.49. The van der Waals surface area contributed by atoms with E-state index in [2.05, 4.69) is 5.43 Å². The number of imide groups is 2. The smallest absolute Gasteiger partial charge is 0.269 e. The van der Waals surface area contributed by atoms with Crippen molar-refractivity contribution >= 4 is 52.3 Å². The number of nitro benzene ring substituents is 1. The van der Waals surface area contributed by atoms with Crippen LogP contribution in [0.2, 0.25) is 5.02 Å². The zero-order valence-electron chi connectivity index (χ0n) is 28.4. The maximum absolute atomic E-state index is 15.3. The van der Waals surface area contributed by atoms with E-state index in [1.165, 1.54) is 48.5 Å². The van der Waals surface area contributed by atoms with Crippen molar-refractivity contribution in [3.8, 4) is 5.75 Å². The number of carbonyl (C=O) groups is 4. The van der Waals surface area contributed by atoms with Crippen LogP contribution in [-0.2, 0) is 24.6 Å². The Hall–Kier alpha value is -5.92. The Morgan fingerprint density at radius 2 is 1.61 bits per heavy atom. The molecule has 12 nitrogen and oxygen atoms in total. The van der Waals surface area contributed by atoms with E-state index < -0.39 is 69.4 Å². The van der Waals surface area contributed by atoms with Gasteiger partial charge in [-0.1, -0.05) is 53.6 Å². The van der Waals surface area contributed by atoms with Gasteiger partial charge in [0.25, 0.3) is 17.5 Å². The van der Waals surface area contributed by atoms with Gasteiger partial charge in [0, 0.05) is 28.6 Å². The number of rotatable bonds is 9. The van der Waals surface area contributed by atoms with Crippen molar-refractivity contribution in [2.75, 3.05) is 23.5 Å². The van der Waals surface area contributed by atoms with Gasteiger partial charge in [-0.15, -0.1) is 0 Å². The second-order valence-electron chi connectivity index (χ2n) is 13.8. The van der Waals surface area contributed by atoms with E-state index in [-0.39, 0.29) is 37.4 Å². The molecular weight excluding hydrogens is 719 g/mol. The van der Waals surface area contributed by atoms with Gasteiger partial charge in [-0.05, 0) is 78.9 Å². The van der Waals surface area contributed by atoms with Crippen molar-refractivity contribution < 1.29 is 38.3 Å². The number of ether oxygens (including phenoxy) is 1. The summed E-state index contributed by atoms with van der Waals surface area (Å²) >= 11 is 6.36. The first-order valence-electron chi connectivity index (χ1n) is 17.4. The minimum atomic E-state index is -1.62. The zero-order chi connectivity index (χ0) is 37.9. The molecule has 3 fully saturated rings. The predicted octanol–water partition coefficient (Wildman–Crippen LogP) is 5.95. The molecule has 0 radical (unpaired) electrons. The van der Waals surface area contributed by atoms with Crippen LogP contribution < -0.4 is 15.1 Å². The summed E-state index contributed by atoms with van der Waals surface area (Å²) in [5, 5.41) is 22.4. The van der Waals surface area contributed by atoms with Gasteiger partial charge >= 0.3 is 0 Å². The zero-order valence-corrected chi connectivity index (χ0v) is 29.2. The summed E-state index contributed by atoms with van der Waals surface area (Å²) in [6, 6.07) is 24.1. The van der Waals surface area contributed by atoms with E-state index in [0.717, 1.165) is 9.91 Å². The van der Waals surface area contributed by atoms with Gasteiger partial charge in [-0.25, -0.2) is 4.39 Å². The maximum atomic E-state index is 15.3. The minimum absolute atomic E-state index is 0.0189. The molecule has 2 saturated heterocycles. The number of allylic oxidation sites excluding steroid dienone is 2. The number of benzene rings is 4. The average molecular weight is 751 g/mol. The third-order valence-corrected chi connectivity index (χ3v) is 11.4. The van der Waals surface area contributed by atoms with Crippen LogP contribution in [0.1, 0.15) is 29.9 Å². The summed E-state index contributed by atoms with van der Waals surface area (Å²) in [6.45, 7) is -0.350. The van der Waals surface area contributed by atoms with E-state index in [1.54, 1.807) is 48.5 Å². The Morgan fingerprint density at radius 1 is 0.907 bits per heavy atom. The van der Waals surface area contributed by atoms with Crippen LogP contribution in [-0.4, -0.2) is 51.9 Å². The molecule has 4 amide bonds. The van der Waals surface area contributed by atoms with Crippen molar-refractivity contribution in [1.29, 1.82) is 0 Å². The molecule has 274 valence electrons. The van der Waals surface area contributed by atoms with Gasteiger partial charge in [-0.3, -0.25) is 39.6 Å². The first kappa shape index (κ1) is 35.1. The molecule has 54 heavy (non-hydrogen) atoms. The highest BCUT2D eigenvalue weighted by atomic mass is 35.5. The molecule has 4 aromatic carbocycles. The van der Waals surface area contributed by atoms with E-state index in [0.29, 0.717) is 33.2 Å². The molecule has 6 atom stereocenters. The molecular formula is C40H32ClFN4O8. The number of nitrogens with one attached hydrogen (secondary N) is 1. The summed E-state index contributed by atoms with van der Waals surface area (Å²) in [7, 11) is 0. The van der Waals surface area contributed by atoms with Gasteiger partial charge < -0.3 is 9.84 Å². The summed E-state index contributed by atoms with van der Waals surface area (Å²) in [4.78, 5) is 70.5. The van der Waals surface area contributed by atoms with Gasteiger partial charge in [0.05, 0.1) is 46.1 Å². The van der Waals surface area contributed by atoms with E-state index >= 15 is 4.79 Å². The van der Waals surface area contributed by atoms with Gasteiger partial charge in [0.15, 0.2) is 0 Å². The molecule has 2 aliphatic carbocycles. The first-order valence-corrected chi connectivity index (χ1v) is 17.8. The molecule has 2 N–H and O–H groups in total. The lowest BCUT2D eigenvalue weighted by Crippen LogP contribution is -2.53. The van der Waals surface area contributed by atoms with Crippen LogP contribution in [0.5, 0.6) is 5.75 Å². The summed E-state index contributed by atoms with van der Waals surface area (Å²) in [5.41, 5.74) is 3.29. The fraction of sp³-hybridized carbons (Fsp3) is 0.250. The van der Waals surface area contributed by atoms with Crippen LogP contribution in [0.15, 0.2) is 109 Å². The first-order chi connectivity index (χ1) is 26.1. The monoisotopic (exact) mass is 750 g/mol. The van der Waals surface area contributed by atoms with Gasteiger partial charge in [0.1, 0.15) is 18.2 Å². The number of aliphatic hydroxyl groups excluding tert-OH is 1. The number of nitro groups is 1. The average Bonchev–Trinajstić information content (AvgIpc) is 3.56. The number of nitrogens with zero attached hydrogens (tertiary/aromatic N) is 3. The minimum Gasteiger partial charge on any atom is -0.491 e. The van der Waals surface area contributed by atoms with Crippen molar-refractivity contribution in [2.45, 2.75) is 24.2 Å². The molecule has 2 aliphatic heterocycles. The van der Waals surface area contributed by atoms with Crippen molar-refractivity contribution in [3.63, 3.8) is 0 Å². The largest absolute Gasteiger partial charge is 0.491 e. The van der Waals surface area contributed by atoms with Crippen LogP contribution in [0.4, 0.5) is 21.5 Å². The number of carbonyl (C=O) groups excluding carboxylic acids is 4. The number of halogens is 2. The molecule has 8 rings (SSSR count). The molecule has 4 aliphatic rings. The summed E-state index contributed by atoms with van der Waals surface area (Å²) in [6.07, 6.45) is 2.07. The molecule has 6 unspecified atom stereocenters. The highest BCUT2D eigenvalue weighted by Crippen LogP contribution is 2.65. The number of anilines is 2. The summed E-state index contributed by atoms with van der Waals surface area (Å²) in [5.74, 6) is -6.65. The molecule has 1 saturated carbocycles. The second kappa shape index (κ2) is 13.5. The Morgan fingerprint density at radius 3 is 2.30 bits per heavy atom. The highest BCUT2D eigenvalue weighted by molar-refractivity contribution is 6.30. The highest BCUT2D eigenvalue weighted by Gasteiger charge is 2.70. The Balaban J connectivity index is 1.31. The molecule has 0 bridgehead atoms. The van der Waals surface area contributed by atoms with Crippen molar-refractivity contribution in [3.05, 3.63) is 141 Å². The quantitative estimate of drug-likeness (QED) is 0.0913. The number of para-hydroxylation sites is 1. The third kappa shape index (κ3) is 5.37. The van der Waals surface area contributed by atoms with E-state index in [4.69, 9.17) is 16.3 Å². The second-order valence-corrected chi connectivity index (χ2v) is 14.2. The van der Waals surface area contributed by atoms with Crippen molar-refractivity contribution in [2.24, 2.45) is 23.7 Å². The SMILES string of the molecule is O=C1C2CC3C(=CCC4C(=O)N(c5ccc([N+](=O)[O-])cc5)C(=O)C43)C(c3ccccc3OCCO)C2(c2ccc(Cl)cc2)C(=O)N1Nc1ccc(F)cc1. The number of hydrazine groups is 1. The Kier molecular flexibility index (Phi) is 8.78. The third-order valence-electron chi connectivity index (χ3n) is 11.2. The lowest BCUT2D eigenvalue weighted by molar-refractivity contribution is -0.384. The van der Waals surface area contributed by atoms with Crippen LogP contribution >= 0.6 is 11.6 Å². The van der Waals surface area contributed by atoms with Crippen LogP contribution in [0, 0.1) is 39.6 Å². The Bertz CT molecular complexity index is 2230. The number of fused-ring (bicyclic) bond motifs is 4. The fourth-order valence-corrected chi connectivity index (χ4v) is 9.11. The number of hydrogen-bond donors (Lipinski definition) is 2. The van der Waals surface area contributed by atoms with Crippen LogP contribution in [0.25, 0.3) is 0 Å². The number of aliphatic hydroxyl groups is 1. The number of amides is 4. The van der Waals surface area contributed by atoms with Crippen molar-refractivity contribution in [1.82, 2.24) is 5.01 Å². The Labute approximate surface area is 312 Å². The number of non-ortho nitro benzene ring substituents is 1. The molecule has 0 spiro atoms. The van der Waals surface area contributed by atoms with Gasteiger partial charge in [-0.2, -0.15) is 5.01 Å². The summed E-state index contributed by atoms with van der Waals surface area (Å²) < 4.78 is 19.9. The number of hydrogen-bond acceptors (Lipinski definition) is 9. The predicted molar refractivity (Wildman–Crippen MR) is 194 cm³/mol. The molecule has 14 heteroatoms. The van der Waals surface area contributed by atoms with Gasteiger partial charge in [0.2, 0.25) is 11.8 Å². The molecule has 0 aromatic heterocycles. The standard InChI is InChI=1S/C40H32ClFN4O8/c41-23-7-5-22(6-8-23)40-32(37(49)45(39(40)51)43-25-11-9-24(42)10-12-25)21-31-28(35(40)29-3-1-2-4-33(29)54-20-19-47)17-18-30-34(31)38(50)44(36(30)48)26-13-15-27(16-14-26)46(52)53/h1-17,30-32,34-35,43,47H,18-21H2.